The van der Waals surface area contributed by atoms with Gasteiger partial charge in [-0.05, 0) is 44.5 Å². The molecule has 0 saturated carbocycles. The molecule has 0 amide bonds. The minimum Gasteiger partial charge on any atom is -0.489 e. The maximum absolute atomic E-state index is 11.3. The van der Waals surface area contributed by atoms with E-state index in [9.17, 15) is 4.79 Å². The highest BCUT2D eigenvalue weighted by atomic mass is 16.5. The lowest BCUT2D eigenvalue weighted by molar-refractivity contribution is -0.140. The maximum Gasteiger partial charge on any atom is 0.305 e. The number of carbonyl (C=O) groups excluding carboxylic acids is 1. The number of aromatic nitrogens is 2. The number of carbonyl (C=O) groups is 1. The van der Waals surface area contributed by atoms with Gasteiger partial charge in [0.05, 0.1) is 19.9 Å². The van der Waals surface area contributed by atoms with Crippen molar-refractivity contribution in [2.24, 2.45) is 0 Å². The van der Waals surface area contributed by atoms with Crippen LogP contribution >= 0.6 is 0 Å². The van der Waals surface area contributed by atoms with E-state index in [0.717, 1.165) is 45.3 Å². The van der Waals surface area contributed by atoms with Gasteiger partial charge in [0.2, 0.25) is 0 Å². The Morgan fingerprint density at radius 2 is 1.80 bits per heavy atom. The van der Waals surface area contributed by atoms with Crippen LogP contribution in [0.15, 0.2) is 89.2 Å². The van der Waals surface area contributed by atoms with Gasteiger partial charge in [-0.1, -0.05) is 48.0 Å². The highest BCUT2D eigenvalue weighted by Gasteiger charge is 2.13. The molecule has 0 N–H and O–H groups in total. The Bertz CT molecular complexity index is 1280. The molecule has 0 saturated heterocycles. The Morgan fingerprint density at radius 1 is 1.03 bits per heavy atom. The third-order valence-electron chi connectivity index (χ3n) is 5.93. The lowest BCUT2D eigenvalue weighted by Gasteiger charge is -2.14. The average Bonchev–Trinajstić information content (AvgIpc) is 3.54. The molecule has 0 aliphatic carbocycles. The molecule has 35 heavy (non-hydrogen) atoms. The van der Waals surface area contributed by atoms with E-state index < -0.39 is 0 Å². The SMILES string of the molecule is COC(=O)CC/C(C)=C/COc1ccccc1Cn1c(C)cnc1-c1ccc(-c2ccco2)cc1. The van der Waals surface area contributed by atoms with Gasteiger partial charge >= 0.3 is 5.97 Å². The predicted molar refractivity (Wildman–Crippen MR) is 136 cm³/mol. The van der Waals surface area contributed by atoms with Crippen molar-refractivity contribution in [1.82, 2.24) is 9.55 Å². The second-order valence-corrected chi connectivity index (χ2v) is 8.41. The molecule has 2 aromatic carbocycles. The van der Waals surface area contributed by atoms with E-state index in [4.69, 9.17) is 13.9 Å². The van der Waals surface area contributed by atoms with Gasteiger partial charge in [0.15, 0.2) is 0 Å². The third kappa shape index (κ3) is 6.09. The van der Waals surface area contributed by atoms with Gasteiger partial charge in [-0.25, -0.2) is 4.98 Å². The first-order chi connectivity index (χ1) is 17.0. The van der Waals surface area contributed by atoms with Gasteiger partial charge in [-0.2, -0.15) is 0 Å². The smallest absolute Gasteiger partial charge is 0.305 e. The van der Waals surface area contributed by atoms with Gasteiger partial charge in [-0.3, -0.25) is 4.79 Å². The summed E-state index contributed by atoms with van der Waals surface area (Å²) in [5, 5.41) is 0. The second-order valence-electron chi connectivity index (χ2n) is 8.41. The summed E-state index contributed by atoms with van der Waals surface area (Å²) in [4.78, 5) is 16.0. The van der Waals surface area contributed by atoms with Crippen LogP contribution in [0.2, 0.25) is 0 Å². The van der Waals surface area contributed by atoms with Gasteiger partial charge in [0.1, 0.15) is 23.9 Å². The van der Waals surface area contributed by atoms with Crippen molar-refractivity contribution in [3.8, 4) is 28.5 Å². The minimum atomic E-state index is -0.203. The summed E-state index contributed by atoms with van der Waals surface area (Å²) >= 11 is 0. The summed E-state index contributed by atoms with van der Waals surface area (Å²) in [6.45, 7) is 5.14. The molecule has 0 unspecified atom stereocenters. The molecule has 4 rings (SSSR count). The molecule has 0 spiro atoms. The summed E-state index contributed by atoms with van der Waals surface area (Å²) < 4.78 is 18.5. The summed E-state index contributed by atoms with van der Waals surface area (Å²) in [5.74, 6) is 2.38. The monoisotopic (exact) mass is 470 g/mol. The molecule has 0 bridgehead atoms. The number of esters is 1. The second kappa shape index (κ2) is 11.4. The van der Waals surface area contributed by atoms with Crippen LogP contribution in [0.5, 0.6) is 5.75 Å². The third-order valence-corrected chi connectivity index (χ3v) is 5.93. The lowest BCUT2D eigenvalue weighted by atomic mass is 10.1. The number of nitrogens with zero attached hydrogens (tertiary/aromatic N) is 2. The standard InChI is InChI=1S/C29H30N2O4/c1-21(10-15-28(32)33-3)16-18-35-27-8-5-4-7-25(27)20-31-22(2)19-30-29(31)24-13-11-23(12-14-24)26-9-6-17-34-26/h4-9,11-14,16-17,19H,10,15,18,20H2,1-3H3/b21-16+. The van der Waals surface area contributed by atoms with Crippen LogP contribution in [0.3, 0.4) is 0 Å². The van der Waals surface area contributed by atoms with E-state index in [0.29, 0.717) is 26.0 Å². The summed E-state index contributed by atoms with van der Waals surface area (Å²) in [6.07, 6.45) is 6.62. The van der Waals surface area contributed by atoms with E-state index in [1.165, 1.54) is 7.11 Å². The van der Waals surface area contributed by atoms with Gasteiger partial charge < -0.3 is 18.5 Å². The number of furan rings is 1. The van der Waals surface area contributed by atoms with Gasteiger partial charge in [0, 0.05) is 35.0 Å². The van der Waals surface area contributed by atoms with Crippen molar-refractivity contribution in [3.63, 3.8) is 0 Å². The van der Waals surface area contributed by atoms with Crippen molar-refractivity contribution in [1.29, 1.82) is 0 Å². The predicted octanol–water partition coefficient (Wildman–Crippen LogP) is 6.45. The first kappa shape index (κ1) is 24.1. The summed E-state index contributed by atoms with van der Waals surface area (Å²) in [6, 6.07) is 20.1. The highest BCUT2D eigenvalue weighted by Crippen LogP contribution is 2.27. The van der Waals surface area contributed by atoms with E-state index in [1.54, 1.807) is 6.26 Å². The molecule has 4 aromatic rings. The van der Waals surface area contributed by atoms with Gasteiger partial charge in [0.25, 0.3) is 0 Å². The Labute approximate surface area is 205 Å². The van der Waals surface area contributed by atoms with E-state index >= 15 is 0 Å². The molecule has 0 radical (unpaired) electrons. The fourth-order valence-electron chi connectivity index (χ4n) is 3.84. The first-order valence-electron chi connectivity index (χ1n) is 11.6. The molecular weight excluding hydrogens is 440 g/mol. The molecule has 180 valence electrons. The van der Waals surface area contributed by atoms with Crippen LogP contribution in [0.25, 0.3) is 22.7 Å². The molecule has 0 atom stereocenters. The number of aryl methyl sites for hydroxylation is 1. The van der Waals surface area contributed by atoms with Gasteiger partial charge in [-0.15, -0.1) is 0 Å². The zero-order valence-corrected chi connectivity index (χ0v) is 20.4. The van der Waals surface area contributed by atoms with Crippen LogP contribution in [-0.4, -0.2) is 29.2 Å². The Morgan fingerprint density at radius 3 is 2.54 bits per heavy atom. The van der Waals surface area contributed by atoms with Crippen LogP contribution in [0.1, 0.15) is 31.0 Å². The Balaban J connectivity index is 1.48. The number of benzene rings is 2. The number of ether oxygens (including phenoxy) is 2. The largest absolute Gasteiger partial charge is 0.489 e. The number of allylic oxidation sites excluding steroid dienone is 1. The fourth-order valence-corrected chi connectivity index (χ4v) is 3.84. The summed E-state index contributed by atoms with van der Waals surface area (Å²) in [7, 11) is 1.41. The van der Waals surface area contributed by atoms with Crippen LogP contribution < -0.4 is 4.74 Å². The number of hydrogen-bond donors (Lipinski definition) is 0. The van der Waals surface area contributed by atoms with E-state index in [2.05, 4.69) is 46.8 Å². The zero-order valence-electron chi connectivity index (χ0n) is 20.4. The topological polar surface area (TPSA) is 66.5 Å². The van der Waals surface area contributed by atoms with Crippen LogP contribution in [0.4, 0.5) is 0 Å². The van der Waals surface area contributed by atoms with Crippen molar-refractivity contribution < 1.29 is 18.7 Å². The lowest BCUT2D eigenvalue weighted by Crippen LogP contribution is -2.07. The number of hydrogen-bond acceptors (Lipinski definition) is 5. The summed E-state index contributed by atoms with van der Waals surface area (Å²) in [5.41, 5.74) is 5.31. The van der Waals surface area contributed by atoms with Crippen molar-refractivity contribution >= 4 is 5.97 Å². The van der Waals surface area contributed by atoms with Crippen molar-refractivity contribution in [2.75, 3.05) is 13.7 Å². The molecule has 6 nitrogen and oxygen atoms in total. The minimum absolute atomic E-state index is 0.203. The number of methoxy groups -OCH3 is 1. The molecule has 2 heterocycles. The zero-order chi connectivity index (χ0) is 24.6. The molecule has 0 aliphatic heterocycles. The van der Waals surface area contributed by atoms with Crippen molar-refractivity contribution in [2.45, 2.75) is 33.2 Å². The molecular formula is C29H30N2O4. The number of rotatable bonds is 10. The quantitative estimate of drug-likeness (QED) is 0.197. The molecule has 6 heteroatoms. The van der Waals surface area contributed by atoms with E-state index in [-0.39, 0.29) is 5.97 Å². The van der Waals surface area contributed by atoms with Crippen molar-refractivity contribution in [3.05, 3.63) is 96.0 Å². The maximum atomic E-state index is 11.3. The first-order valence-corrected chi connectivity index (χ1v) is 11.6. The Kier molecular flexibility index (Phi) is 7.83. The van der Waals surface area contributed by atoms with Crippen LogP contribution in [0, 0.1) is 6.92 Å². The van der Waals surface area contributed by atoms with Crippen LogP contribution in [-0.2, 0) is 16.1 Å². The average molecular weight is 471 g/mol. The Hall–Kier alpha value is -4.06. The number of imidazole rings is 1. The normalized spacial score (nSPS) is 11.5. The highest BCUT2D eigenvalue weighted by molar-refractivity contribution is 5.69. The van der Waals surface area contributed by atoms with E-state index in [1.807, 2.05) is 49.5 Å². The molecule has 0 aliphatic rings. The fraction of sp³-hybridized carbons (Fsp3) is 0.241. The number of para-hydroxylation sites is 1. The molecule has 2 aromatic heterocycles. The molecule has 0 fully saturated rings.